The summed E-state index contributed by atoms with van der Waals surface area (Å²) in [5.41, 5.74) is 1.61. The van der Waals surface area contributed by atoms with Gasteiger partial charge in [0.05, 0.1) is 4.88 Å². The van der Waals surface area contributed by atoms with Crippen LogP contribution in [0.4, 0.5) is 10.2 Å². The monoisotopic (exact) mass is 303 g/mol. The van der Waals surface area contributed by atoms with E-state index in [0.29, 0.717) is 21.6 Å². The molecule has 0 spiro atoms. The van der Waals surface area contributed by atoms with E-state index in [9.17, 15) is 9.18 Å². The lowest BCUT2D eigenvalue weighted by Gasteiger charge is -2.00. The van der Waals surface area contributed by atoms with Gasteiger partial charge in [-0.3, -0.25) is 9.89 Å². The van der Waals surface area contributed by atoms with Crippen LogP contribution in [-0.2, 0) is 6.42 Å². The third-order valence-electron chi connectivity index (χ3n) is 3.36. The SMILES string of the molecule is CCc1cc(NC(=O)c2sc3cccc(F)c3c2C)n[nH]1. The number of rotatable bonds is 3. The summed E-state index contributed by atoms with van der Waals surface area (Å²) in [5, 5.41) is 10.1. The van der Waals surface area contributed by atoms with Crippen molar-refractivity contribution in [1.82, 2.24) is 10.2 Å². The number of aromatic amines is 1. The lowest BCUT2D eigenvalue weighted by Crippen LogP contribution is -2.11. The molecule has 2 N–H and O–H groups in total. The van der Waals surface area contributed by atoms with Crippen molar-refractivity contribution in [3.8, 4) is 0 Å². The number of hydrogen-bond acceptors (Lipinski definition) is 3. The van der Waals surface area contributed by atoms with Crippen molar-refractivity contribution in [3.63, 3.8) is 0 Å². The largest absolute Gasteiger partial charge is 0.304 e. The van der Waals surface area contributed by atoms with E-state index in [4.69, 9.17) is 0 Å². The quantitative estimate of drug-likeness (QED) is 0.771. The molecule has 0 atom stereocenters. The van der Waals surface area contributed by atoms with Crippen molar-refractivity contribution >= 4 is 33.1 Å². The second-order valence-electron chi connectivity index (χ2n) is 4.76. The van der Waals surface area contributed by atoms with Gasteiger partial charge in [-0.2, -0.15) is 5.10 Å². The maximum atomic E-state index is 13.9. The highest BCUT2D eigenvalue weighted by atomic mass is 32.1. The number of aryl methyl sites for hydroxylation is 2. The van der Waals surface area contributed by atoms with Gasteiger partial charge in [0.2, 0.25) is 0 Å². The minimum atomic E-state index is -0.298. The van der Waals surface area contributed by atoms with E-state index in [1.54, 1.807) is 19.1 Å². The Kier molecular flexibility index (Phi) is 3.47. The van der Waals surface area contributed by atoms with Crippen molar-refractivity contribution in [1.29, 1.82) is 0 Å². The van der Waals surface area contributed by atoms with Crippen molar-refractivity contribution in [2.45, 2.75) is 20.3 Å². The summed E-state index contributed by atoms with van der Waals surface area (Å²) in [4.78, 5) is 12.8. The van der Waals surface area contributed by atoms with Crippen LogP contribution < -0.4 is 5.32 Å². The number of carbonyl (C=O) groups excluding carboxylic acids is 1. The van der Waals surface area contributed by atoms with Gasteiger partial charge in [0.1, 0.15) is 5.82 Å². The van der Waals surface area contributed by atoms with E-state index in [-0.39, 0.29) is 11.7 Å². The number of thiophene rings is 1. The molecule has 0 unspecified atom stereocenters. The van der Waals surface area contributed by atoms with Crippen LogP contribution in [0.15, 0.2) is 24.3 Å². The smallest absolute Gasteiger partial charge is 0.267 e. The van der Waals surface area contributed by atoms with Gasteiger partial charge in [0.15, 0.2) is 5.82 Å². The van der Waals surface area contributed by atoms with Crippen LogP contribution in [0.25, 0.3) is 10.1 Å². The molecule has 0 aliphatic rings. The first-order chi connectivity index (χ1) is 10.1. The fourth-order valence-electron chi connectivity index (χ4n) is 2.25. The molecule has 0 fully saturated rings. The number of carbonyl (C=O) groups is 1. The second-order valence-corrected chi connectivity index (χ2v) is 5.81. The van der Waals surface area contributed by atoms with Gasteiger partial charge < -0.3 is 5.32 Å². The molecule has 6 heteroatoms. The van der Waals surface area contributed by atoms with Crippen LogP contribution >= 0.6 is 11.3 Å². The minimum Gasteiger partial charge on any atom is -0.304 e. The lowest BCUT2D eigenvalue weighted by molar-refractivity contribution is 0.102. The molecule has 3 rings (SSSR count). The van der Waals surface area contributed by atoms with Crippen molar-refractivity contribution < 1.29 is 9.18 Å². The molecule has 3 aromatic rings. The van der Waals surface area contributed by atoms with Gasteiger partial charge in [-0.15, -0.1) is 11.3 Å². The van der Waals surface area contributed by atoms with E-state index in [0.717, 1.165) is 16.8 Å². The minimum absolute atomic E-state index is 0.262. The molecule has 1 amide bonds. The van der Waals surface area contributed by atoms with Gasteiger partial charge in [-0.05, 0) is 31.0 Å². The molecule has 108 valence electrons. The number of nitrogens with zero attached hydrogens (tertiary/aromatic N) is 1. The summed E-state index contributed by atoms with van der Waals surface area (Å²) in [6, 6.07) is 6.67. The van der Waals surface area contributed by atoms with E-state index in [1.807, 2.05) is 13.0 Å². The third-order valence-corrected chi connectivity index (χ3v) is 4.62. The summed E-state index contributed by atoms with van der Waals surface area (Å²) in [5.74, 6) is -0.0789. The molecule has 4 nitrogen and oxygen atoms in total. The number of benzene rings is 1. The number of halogens is 1. The fourth-order valence-corrected chi connectivity index (χ4v) is 3.37. The molecule has 2 aromatic heterocycles. The zero-order valence-corrected chi connectivity index (χ0v) is 12.5. The fraction of sp³-hybridized carbons (Fsp3) is 0.200. The molecular weight excluding hydrogens is 289 g/mol. The summed E-state index contributed by atoms with van der Waals surface area (Å²) in [6.45, 7) is 3.76. The predicted octanol–water partition coefficient (Wildman–Crippen LogP) is 3.89. The van der Waals surface area contributed by atoms with Gasteiger partial charge >= 0.3 is 0 Å². The standard InChI is InChI=1S/C15H14FN3OS/c1-3-9-7-12(19-18-9)17-15(20)14-8(2)13-10(16)5-4-6-11(13)21-14/h4-7H,3H2,1-2H3,(H2,17,18,19,20). The topological polar surface area (TPSA) is 57.8 Å². The zero-order chi connectivity index (χ0) is 15.0. The van der Waals surface area contributed by atoms with Crippen LogP contribution in [0.3, 0.4) is 0 Å². The average molecular weight is 303 g/mol. The molecule has 0 bridgehead atoms. The Balaban J connectivity index is 1.94. The Morgan fingerprint density at radius 2 is 2.29 bits per heavy atom. The molecule has 0 radical (unpaired) electrons. The van der Waals surface area contributed by atoms with E-state index in [2.05, 4.69) is 15.5 Å². The normalized spacial score (nSPS) is 11.0. The van der Waals surface area contributed by atoms with E-state index >= 15 is 0 Å². The predicted molar refractivity (Wildman–Crippen MR) is 82.4 cm³/mol. The Labute approximate surface area is 125 Å². The highest BCUT2D eigenvalue weighted by Gasteiger charge is 2.18. The van der Waals surface area contributed by atoms with Gasteiger partial charge in [-0.25, -0.2) is 4.39 Å². The van der Waals surface area contributed by atoms with Crippen molar-refractivity contribution in [2.24, 2.45) is 0 Å². The Hall–Kier alpha value is -2.21. The highest BCUT2D eigenvalue weighted by molar-refractivity contribution is 7.21. The molecule has 2 heterocycles. The molecule has 1 aromatic carbocycles. The maximum absolute atomic E-state index is 13.9. The number of aromatic nitrogens is 2. The van der Waals surface area contributed by atoms with Crippen molar-refractivity contribution in [3.05, 3.63) is 46.2 Å². The van der Waals surface area contributed by atoms with E-state index in [1.165, 1.54) is 17.4 Å². The summed E-state index contributed by atoms with van der Waals surface area (Å²) < 4.78 is 14.6. The van der Waals surface area contributed by atoms with Gasteiger partial charge in [0, 0.05) is 21.8 Å². The summed E-state index contributed by atoms with van der Waals surface area (Å²) >= 11 is 1.29. The zero-order valence-electron chi connectivity index (χ0n) is 11.7. The molecular formula is C15H14FN3OS. The molecule has 0 saturated heterocycles. The van der Waals surface area contributed by atoms with E-state index < -0.39 is 0 Å². The molecule has 0 aliphatic heterocycles. The average Bonchev–Trinajstić information content (AvgIpc) is 3.04. The van der Waals surface area contributed by atoms with Gasteiger partial charge in [-0.1, -0.05) is 13.0 Å². The molecule has 21 heavy (non-hydrogen) atoms. The Morgan fingerprint density at radius 1 is 1.48 bits per heavy atom. The van der Waals surface area contributed by atoms with Crippen molar-refractivity contribution in [2.75, 3.05) is 5.32 Å². The first kappa shape index (κ1) is 13.8. The lowest BCUT2D eigenvalue weighted by atomic mass is 10.1. The maximum Gasteiger partial charge on any atom is 0.267 e. The van der Waals surface area contributed by atoms with Crippen LogP contribution in [0.2, 0.25) is 0 Å². The van der Waals surface area contributed by atoms with Crippen LogP contribution in [0.1, 0.15) is 27.9 Å². The molecule has 0 saturated carbocycles. The number of anilines is 1. The van der Waals surface area contributed by atoms with Crippen LogP contribution in [-0.4, -0.2) is 16.1 Å². The molecule has 0 aliphatic carbocycles. The number of nitrogens with one attached hydrogen (secondary N) is 2. The summed E-state index contributed by atoms with van der Waals surface area (Å²) in [6.07, 6.45) is 0.815. The number of H-pyrrole nitrogens is 1. The Morgan fingerprint density at radius 3 is 2.95 bits per heavy atom. The Bertz CT molecular complexity index is 822. The first-order valence-electron chi connectivity index (χ1n) is 6.63. The highest BCUT2D eigenvalue weighted by Crippen LogP contribution is 2.32. The number of amides is 1. The van der Waals surface area contributed by atoms with Crippen LogP contribution in [0, 0.1) is 12.7 Å². The third kappa shape index (κ3) is 2.42. The van der Waals surface area contributed by atoms with Gasteiger partial charge in [0.25, 0.3) is 5.91 Å². The van der Waals surface area contributed by atoms with Crippen LogP contribution in [0.5, 0.6) is 0 Å². The second kappa shape index (κ2) is 5.29. The number of hydrogen-bond donors (Lipinski definition) is 2. The summed E-state index contributed by atoms with van der Waals surface area (Å²) in [7, 11) is 0. The number of fused-ring (bicyclic) bond motifs is 1. The first-order valence-corrected chi connectivity index (χ1v) is 7.45.